The topological polar surface area (TPSA) is 3.24 Å². The van der Waals surface area contributed by atoms with Gasteiger partial charge in [0, 0.05) is 13.6 Å². The fourth-order valence-electron chi connectivity index (χ4n) is 0.427. The van der Waals surface area contributed by atoms with Gasteiger partial charge in [-0.15, -0.1) is 0 Å². The van der Waals surface area contributed by atoms with Crippen molar-refractivity contribution < 1.29 is 29.6 Å². The third-order valence-corrected chi connectivity index (χ3v) is 1.49. The molecule has 0 radical (unpaired) electrons. The van der Waals surface area contributed by atoms with Gasteiger partial charge in [0.1, 0.15) is 0 Å². The number of hydrogen-bond acceptors (Lipinski definition) is 2. The summed E-state index contributed by atoms with van der Waals surface area (Å²) in [5.41, 5.74) is 0. The van der Waals surface area contributed by atoms with E-state index in [1.54, 1.807) is 0 Å². The van der Waals surface area contributed by atoms with E-state index in [4.69, 9.17) is 24.8 Å². The second-order valence-electron chi connectivity index (χ2n) is 1.69. The van der Waals surface area contributed by atoms with Gasteiger partial charge in [0.25, 0.3) is 0 Å². The Morgan fingerprint density at radius 3 is 2.22 bits per heavy atom. The molecule has 0 N–H and O–H groups in total. The van der Waals surface area contributed by atoms with Gasteiger partial charge >= 0.3 is 29.6 Å². The van der Waals surface area contributed by atoms with Crippen LogP contribution in [0.5, 0.6) is 0 Å². The summed E-state index contributed by atoms with van der Waals surface area (Å²) in [6.45, 7) is 3.08. The molecule has 48 valence electrons. The smallest absolute Gasteiger partial charge is 0.411 e. The van der Waals surface area contributed by atoms with Crippen LogP contribution >= 0.6 is 12.2 Å². The maximum Gasteiger partial charge on any atom is 1.00 e. The average molecular weight is 171 g/mol. The zero-order valence-electron chi connectivity index (χ0n) is 6.18. The van der Waals surface area contributed by atoms with Gasteiger partial charge in [0.2, 0.25) is 0 Å². The Morgan fingerprint density at radius 1 is 1.67 bits per heavy atom. The Balaban J connectivity index is 0. The minimum atomic E-state index is 0. The first-order valence-electron chi connectivity index (χ1n) is 2.60. The van der Waals surface area contributed by atoms with E-state index in [-0.39, 0.29) is 29.6 Å². The van der Waals surface area contributed by atoms with Crippen molar-refractivity contribution in [2.24, 2.45) is 0 Å². The van der Waals surface area contributed by atoms with Crippen LogP contribution in [0.3, 0.4) is 0 Å². The zero-order chi connectivity index (χ0) is 6.57. The van der Waals surface area contributed by atoms with Crippen LogP contribution in [0.15, 0.2) is 0 Å². The van der Waals surface area contributed by atoms with E-state index in [2.05, 4.69) is 6.92 Å². The molecule has 0 saturated carbocycles. The van der Waals surface area contributed by atoms with Crippen LogP contribution in [0.4, 0.5) is 0 Å². The summed E-state index contributed by atoms with van der Waals surface area (Å²) in [5, 5.41) is 0. The molecule has 0 fully saturated rings. The van der Waals surface area contributed by atoms with Crippen LogP contribution in [-0.4, -0.2) is 22.8 Å². The van der Waals surface area contributed by atoms with Crippen LogP contribution in [0.25, 0.3) is 0 Å². The van der Waals surface area contributed by atoms with Gasteiger partial charge in [0.05, 0.1) is 0 Å². The Morgan fingerprint density at radius 2 is 2.11 bits per heavy atom. The van der Waals surface area contributed by atoms with Gasteiger partial charge in [-0.1, -0.05) is 11.2 Å². The van der Waals surface area contributed by atoms with Crippen LogP contribution in [0.1, 0.15) is 13.3 Å². The largest absolute Gasteiger partial charge is 1.00 e. The van der Waals surface area contributed by atoms with Crippen LogP contribution in [0, 0.1) is 0 Å². The zero-order valence-corrected chi connectivity index (χ0v) is 9.81. The van der Waals surface area contributed by atoms with E-state index in [9.17, 15) is 0 Å². The molecule has 0 saturated heterocycles. The number of nitrogens with zero attached hydrogens (tertiary/aromatic N) is 1. The van der Waals surface area contributed by atoms with Gasteiger partial charge in [-0.25, -0.2) is 0 Å². The monoisotopic (exact) mass is 171 g/mol. The third-order valence-electron chi connectivity index (χ3n) is 0.871. The molecule has 0 aromatic heterocycles. The second kappa shape index (κ2) is 7.22. The molecule has 0 bridgehead atoms. The molecule has 0 aromatic rings. The molecule has 0 rings (SSSR count). The van der Waals surface area contributed by atoms with E-state index in [0.29, 0.717) is 4.32 Å². The molecular weight excluding hydrogens is 161 g/mol. The molecule has 0 aliphatic rings. The maximum atomic E-state index is 4.72. The summed E-state index contributed by atoms with van der Waals surface area (Å²) >= 11 is 9.45. The van der Waals surface area contributed by atoms with E-state index >= 15 is 0 Å². The summed E-state index contributed by atoms with van der Waals surface area (Å²) < 4.78 is 0.562. The van der Waals surface area contributed by atoms with Crippen LogP contribution < -0.4 is 29.6 Å². The molecule has 0 heterocycles. The summed E-state index contributed by atoms with van der Waals surface area (Å²) in [7, 11) is 1.92. The van der Waals surface area contributed by atoms with E-state index in [1.165, 1.54) is 0 Å². The number of hydrogen-bond donors (Lipinski definition) is 0. The van der Waals surface area contributed by atoms with Crippen LogP contribution in [-0.2, 0) is 12.6 Å². The molecule has 0 aromatic carbocycles. The summed E-state index contributed by atoms with van der Waals surface area (Å²) in [6, 6.07) is 0. The van der Waals surface area contributed by atoms with E-state index in [1.807, 2.05) is 11.9 Å². The molecule has 0 amide bonds. The predicted octanol–water partition coefficient (Wildman–Crippen LogP) is -1.84. The summed E-state index contributed by atoms with van der Waals surface area (Å²) in [6.07, 6.45) is 1.10. The summed E-state index contributed by atoms with van der Waals surface area (Å²) in [4.78, 5) is 1.89. The average Bonchev–Trinajstić information content (AvgIpc) is 1.67. The van der Waals surface area contributed by atoms with Crippen molar-refractivity contribution in [3.63, 3.8) is 0 Å². The molecule has 9 heavy (non-hydrogen) atoms. The van der Waals surface area contributed by atoms with Crippen molar-refractivity contribution in [3.8, 4) is 0 Å². The predicted molar refractivity (Wildman–Crippen MR) is 42.9 cm³/mol. The maximum absolute atomic E-state index is 4.72. The quantitative estimate of drug-likeness (QED) is 0.273. The van der Waals surface area contributed by atoms with Crippen molar-refractivity contribution in [2.75, 3.05) is 13.6 Å². The Bertz CT molecular complexity index is 87.0. The molecule has 0 atom stereocenters. The normalized spacial score (nSPS) is 7.78. The first-order valence-corrected chi connectivity index (χ1v) is 3.42. The van der Waals surface area contributed by atoms with Gasteiger partial charge in [0.15, 0.2) is 0 Å². The fourth-order valence-corrected chi connectivity index (χ4v) is 0.609. The standard InChI is InChI=1S/C5H11NS2.Na/c1-3-4-6(2)5(7)8;/h3-4H2,1-2H3,(H,7,8);/q;+1/p-1. The Hall–Kier alpha value is 1.11. The molecule has 0 aliphatic carbocycles. The van der Waals surface area contributed by atoms with Crippen molar-refractivity contribution in [1.29, 1.82) is 0 Å². The van der Waals surface area contributed by atoms with Crippen molar-refractivity contribution >= 4 is 29.2 Å². The third kappa shape index (κ3) is 7.00. The molecule has 4 heteroatoms. The number of thiocarbonyl (C=S) groups is 1. The minimum Gasteiger partial charge on any atom is -0.411 e. The Labute approximate surface area is 89.9 Å². The summed E-state index contributed by atoms with van der Waals surface area (Å²) in [5.74, 6) is 0. The van der Waals surface area contributed by atoms with Gasteiger partial charge in [-0.3, -0.25) is 0 Å². The Kier molecular flexibility index (Phi) is 10.2. The molecule has 0 spiro atoms. The first-order chi connectivity index (χ1) is 3.68. The van der Waals surface area contributed by atoms with Crippen molar-refractivity contribution in [3.05, 3.63) is 0 Å². The molecular formula is C5H10NNaS2. The number of rotatable bonds is 2. The molecule has 0 aliphatic heterocycles. The van der Waals surface area contributed by atoms with E-state index in [0.717, 1.165) is 13.0 Å². The van der Waals surface area contributed by atoms with Crippen LogP contribution in [0.2, 0.25) is 0 Å². The van der Waals surface area contributed by atoms with Gasteiger partial charge in [-0.2, -0.15) is 0 Å². The van der Waals surface area contributed by atoms with Gasteiger partial charge < -0.3 is 29.7 Å². The minimum absolute atomic E-state index is 0. The van der Waals surface area contributed by atoms with Gasteiger partial charge in [-0.05, 0) is 6.42 Å². The molecule has 0 unspecified atom stereocenters. The SMILES string of the molecule is CCCN(C)C(=S)[S-].[Na+]. The fraction of sp³-hybridized carbons (Fsp3) is 0.800. The van der Waals surface area contributed by atoms with Crippen molar-refractivity contribution in [2.45, 2.75) is 13.3 Å². The van der Waals surface area contributed by atoms with E-state index < -0.39 is 0 Å². The second-order valence-corrected chi connectivity index (χ2v) is 2.72. The van der Waals surface area contributed by atoms with Crippen molar-refractivity contribution in [1.82, 2.24) is 4.90 Å². The molecule has 1 nitrogen and oxygen atoms in total. The first kappa shape index (κ1) is 12.8.